The first-order chi connectivity index (χ1) is 6.33. The van der Waals surface area contributed by atoms with Gasteiger partial charge in [0, 0.05) is 4.88 Å². The predicted octanol–water partition coefficient (Wildman–Crippen LogP) is 2.09. The first kappa shape index (κ1) is 7.56. The lowest BCUT2D eigenvalue weighted by Gasteiger charge is -2.54. The van der Waals surface area contributed by atoms with Crippen molar-refractivity contribution in [3.8, 4) is 0 Å². The number of thiophene rings is 1. The molecular formula is C10H11NOS. The molecule has 13 heavy (non-hydrogen) atoms. The monoisotopic (exact) mass is 193 g/mol. The van der Waals surface area contributed by atoms with Gasteiger partial charge in [0.15, 0.2) is 0 Å². The Balaban J connectivity index is 1.91. The van der Waals surface area contributed by atoms with Crippen LogP contribution < -0.4 is 5.32 Å². The predicted molar refractivity (Wildman–Crippen MR) is 51.5 cm³/mol. The van der Waals surface area contributed by atoms with Gasteiger partial charge in [-0.15, -0.1) is 11.3 Å². The molecular weight excluding hydrogens is 182 g/mol. The highest BCUT2D eigenvalue weighted by Crippen LogP contribution is 2.56. The molecule has 2 heterocycles. The van der Waals surface area contributed by atoms with Gasteiger partial charge < -0.3 is 5.32 Å². The number of carbonyl (C=O) groups is 1. The van der Waals surface area contributed by atoms with Crippen LogP contribution in [-0.2, 0) is 4.79 Å². The molecule has 1 aliphatic carbocycles. The van der Waals surface area contributed by atoms with E-state index in [1.165, 1.54) is 11.3 Å². The van der Waals surface area contributed by atoms with Gasteiger partial charge in [-0.25, -0.2) is 0 Å². The van der Waals surface area contributed by atoms with Crippen molar-refractivity contribution in [3.05, 3.63) is 22.4 Å². The minimum atomic E-state index is 0.00481. The normalized spacial score (nSPS) is 29.2. The SMILES string of the molecule is O=C1N[C@H](c2cccs2)C12CCC2. The third kappa shape index (κ3) is 0.804. The molecule has 3 heteroatoms. The van der Waals surface area contributed by atoms with Gasteiger partial charge in [-0.1, -0.05) is 12.5 Å². The Hall–Kier alpha value is -0.830. The summed E-state index contributed by atoms with van der Waals surface area (Å²) in [7, 11) is 0. The van der Waals surface area contributed by atoms with Gasteiger partial charge in [0.1, 0.15) is 0 Å². The maximum absolute atomic E-state index is 11.4. The fourth-order valence-corrected chi connectivity index (χ4v) is 3.23. The van der Waals surface area contributed by atoms with E-state index in [-0.39, 0.29) is 11.3 Å². The summed E-state index contributed by atoms with van der Waals surface area (Å²) in [6, 6.07) is 4.50. The minimum absolute atomic E-state index is 0.00481. The Kier molecular flexibility index (Phi) is 1.37. The summed E-state index contributed by atoms with van der Waals surface area (Å²) in [6.07, 6.45) is 3.39. The van der Waals surface area contributed by atoms with Crippen molar-refractivity contribution in [2.45, 2.75) is 25.3 Å². The van der Waals surface area contributed by atoms with E-state index in [2.05, 4.69) is 22.8 Å². The molecule has 2 fully saturated rings. The van der Waals surface area contributed by atoms with Gasteiger partial charge in [-0.2, -0.15) is 0 Å². The Morgan fingerprint density at radius 2 is 2.38 bits per heavy atom. The topological polar surface area (TPSA) is 29.1 Å². The van der Waals surface area contributed by atoms with E-state index in [4.69, 9.17) is 0 Å². The number of hydrogen-bond acceptors (Lipinski definition) is 2. The van der Waals surface area contributed by atoms with E-state index >= 15 is 0 Å². The average molecular weight is 193 g/mol. The molecule has 1 saturated heterocycles. The number of hydrogen-bond donors (Lipinski definition) is 1. The van der Waals surface area contributed by atoms with Crippen molar-refractivity contribution in [1.29, 1.82) is 0 Å². The summed E-state index contributed by atoms with van der Waals surface area (Å²) in [5.41, 5.74) is 0.00481. The molecule has 1 aliphatic heterocycles. The number of nitrogens with one attached hydrogen (secondary N) is 1. The van der Waals surface area contributed by atoms with Crippen LogP contribution in [0.4, 0.5) is 0 Å². The Bertz CT molecular complexity index is 340. The second kappa shape index (κ2) is 2.35. The lowest BCUT2D eigenvalue weighted by Crippen LogP contribution is -2.64. The van der Waals surface area contributed by atoms with Crippen LogP contribution in [-0.4, -0.2) is 5.91 Å². The highest BCUT2D eigenvalue weighted by atomic mass is 32.1. The fraction of sp³-hybridized carbons (Fsp3) is 0.500. The second-order valence-corrected chi connectivity index (χ2v) is 4.91. The zero-order valence-corrected chi connectivity index (χ0v) is 8.06. The molecule has 0 aromatic carbocycles. The first-order valence-electron chi connectivity index (χ1n) is 4.67. The molecule has 1 amide bonds. The van der Waals surface area contributed by atoms with Gasteiger partial charge in [0.25, 0.3) is 0 Å². The summed E-state index contributed by atoms with van der Waals surface area (Å²) >= 11 is 1.75. The number of rotatable bonds is 1. The van der Waals surface area contributed by atoms with Gasteiger partial charge in [0.05, 0.1) is 11.5 Å². The maximum Gasteiger partial charge on any atom is 0.229 e. The Morgan fingerprint density at radius 1 is 1.54 bits per heavy atom. The lowest BCUT2D eigenvalue weighted by atomic mass is 9.58. The molecule has 0 unspecified atom stereocenters. The van der Waals surface area contributed by atoms with Crippen LogP contribution in [0, 0.1) is 5.41 Å². The van der Waals surface area contributed by atoms with Crippen molar-refractivity contribution in [2.75, 3.05) is 0 Å². The van der Waals surface area contributed by atoms with E-state index < -0.39 is 0 Å². The van der Waals surface area contributed by atoms with E-state index in [1.54, 1.807) is 11.3 Å². The third-order valence-corrected chi connectivity index (χ3v) is 4.29. The molecule has 1 spiro atoms. The molecule has 0 radical (unpaired) electrons. The third-order valence-electron chi connectivity index (χ3n) is 3.35. The summed E-state index contributed by atoms with van der Waals surface area (Å²) in [6.45, 7) is 0. The van der Waals surface area contributed by atoms with E-state index in [9.17, 15) is 4.79 Å². The smallest absolute Gasteiger partial charge is 0.229 e. The molecule has 2 aliphatic rings. The summed E-state index contributed by atoms with van der Waals surface area (Å²) in [4.78, 5) is 12.8. The molecule has 68 valence electrons. The Labute approximate surface area is 81.0 Å². The van der Waals surface area contributed by atoms with Crippen molar-refractivity contribution in [3.63, 3.8) is 0 Å². The van der Waals surface area contributed by atoms with Gasteiger partial charge >= 0.3 is 0 Å². The van der Waals surface area contributed by atoms with E-state index in [0.717, 1.165) is 12.8 Å². The molecule has 1 aromatic heterocycles. The van der Waals surface area contributed by atoms with Crippen molar-refractivity contribution >= 4 is 17.2 Å². The van der Waals surface area contributed by atoms with E-state index in [1.807, 2.05) is 0 Å². The second-order valence-electron chi connectivity index (χ2n) is 3.93. The number of β-lactam (4-membered cyclic amide) rings is 1. The maximum atomic E-state index is 11.4. The largest absolute Gasteiger partial charge is 0.347 e. The quantitative estimate of drug-likeness (QED) is 0.680. The van der Waals surface area contributed by atoms with Crippen LogP contribution in [0.1, 0.15) is 30.2 Å². The summed E-state index contributed by atoms with van der Waals surface area (Å²) < 4.78 is 0. The standard InChI is InChI=1S/C10H11NOS/c12-9-10(4-2-5-10)8(11-9)7-3-1-6-13-7/h1,3,6,8H,2,4-5H2,(H,11,12)/t8-/m1/s1. The van der Waals surface area contributed by atoms with Crippen molar-refractivity contribution in [2.24, 2.45) is 5.41 Å². The van der Waals surface area contributed by atoms with Gasteiger partial charge in [-0.05, 0) is 24.3 Å². The van der Waals surface area contributed by atoms with Crippen LogP contribution >= 0.6 is 11.3 Å². The zero-order chi connectivity index (χ0) is 8.89. The van der Waals surface area contributed by atoms with Gasteiger partial charge in [-0.3, -0.25) is 4.79 Å². The average Bonchev–Trinajstić information content (AvgIpc) is 2.48. The molecule has 1 saturated carbocycles. The van der Waals surface area contributed by atoms with Gasteiger partial charge in [0.2, 0.25) is 5.91 Å². The molecule has 1 atom stereocenters. The highest BCUT2D eigenvalue weighted by Gasteiger charge is 2.59. The van der Waals surface area contributed by atoms with Crippen LogP contribution in [0.5, 0.6) is 0 Å². The number of carbonyl (C=O) groups excluding carboxylic acids is 1. The minimum Gasteiger partial charge on any atom is -0.347 e. The van der Waals surface area contributed by atoms with Crippen LogP contribution in [0.3, 0.4) is 0 Å². The lowest BCUT2D eigenvalue weighted by molar-refractivity contribution is -0.155. The molecule has 2 nitrogen and oxygen atoms in total. The molecule has 1 N–H and O–H groups in total. The fourth-order valence-electron chi connectivity index (χ4n) is 2.34. The first-order valence-corrected chi connectivity index (χ1v) is 5.55. The summed E-state index contributed by atoms with van der Waals surface area (Å²) in [5.74, 6) is 0.275. The van der Waals surface area contributed by atoms with Crippen molar-refractivity contribution in [1.82, 2.24) is 5.32 Å². The molecule has 0 bridgehead atoms. The number of amides is 1. The van der Waals surface area contributed by atoms with Crippen LogP contribution in [0.25, 0.3) is 0 Å². The molecule has 3 rings (SSSR count). The van der Waals surface area contributed by atoms with E-state index in [0.29, 0.717) is 6.04 Å². The Morgan fingerprint density at radius 3 is 2.85 bits per heavy atom. The van der Waals surface area contributed by atoms with Crippen molar-refractivity contribution < 1.29 is 4.79 Å². The summed E-state index contributed by atoms with van der Waals surface area (Å²) in [5, 5.41) is 5.08. The molecule has 1 aromatic rings. The zero-order valence-electron chi connectivity index (χ0n) is 7.25. The van der Waals surface area contributed by atoms with Crippen LogP contribution in [0.15, 0.2) is 17.5 Å². The highest BCUT2D eigenvalue weighted by molar-refractivity contribution is 7.10. The van der Waals surface area contributed by atoms with Crippen LogP contribution in [0.2, 0.25) is 0 Å².